The Morgan fingerprint density at radius 3 is 2.88 bits per heavy atom. The molecule has 1 aliphatic carbocycles. The normalized spacial score (nSPS) is 19.8. The molecule has 0 aliphatic heterocycles. The lowest BCUT2D eigenvalue weighted by atomic mass is 9.85. The van der Waals surface area contributed by atoms with Gasteiger partial charge in [-0.3, -0.25) is 14.8 Å². The summed E-state index contributed by atoms with van der Waals surface area (Å²) < 4.78 is 14.0. The Kier molecular flexibility index (Phi) is 5.45. The maximum atomic E-state index is 14.0. The number of aliphatic carboxylic acids is 1. The molecule has 0 bridgehead atoms. The van der Waals surface area contributed by atoms with Crippen molar-refractivity contribution in [1.82, 2.24) is 20.4 Å². The predicted molar refractivity (Wildman–Crippen MR) is 92.5 cm³/mol. The summed E-state index contributed by atoms with van der Waals surface area (Å²) in [5.74, 6) is -1.06. The Morgan fingerprint density at radius 1 is 1.44 bits per heavy atom. The van der Waals surface area contributed by atoms with Gasteiger partial charge in [-0.05, 0) is 31.5 Å². The van der Waals surface area contributed by atoms with Gasteiger partial charge in [-0.1, -0.05) is 19.1 Å². The van der Waals surface area contributed by atoms with Crippen LogP contribution in [-0.4, -0.2) is 51.3 Å². The highest BCUT2D eigenvalue weighted by Gasteiger charge is 2.33. The van der Waals surface area contributed by atoms with Crippen LogP contribution in [0, 0.1) is 5.82 Å². The summed E-state index contributed by atoms with van der Waals surface area (Å²) in [7, 11) is 0. The van der Waals surface area contributed by atoms with E-state index in [4.69, 9.17) is 5.11 Å². The number of carboxylic acid groups (broad SMARTS) is 1. The predicted octanol–water partition coefficient (Wildman–Crippen LogP) is 2.24. The topological polar surface area (TPSA) is 81.2 Å². The standard InChI is InChI=1S/C18H23FN4O2/c1-2-23(11-17(24)25)14-7-13(8-14)20-9-12-10-21-22-18(12)15-5-3-4-6-16(15)19/h3-6,10,13-14,20H,2,7-9,11H2,1H3,(H,21,22)(H,24,25). The highest BCUT2D eigenvalue weighted by molar-refractivity contribution is 5.69. The van der Waals surface area contributed by atoms with Gasteiger partial charge in [0.05, 0.1) is 18.4 Å². The van der Waals surface area contributed by atoms with E-state index in [1.54, 1.807) is 24.4 Å². The highest BCUT2D eigenvalue weighted by Crippen LogP contribution is 2.27. The first-order valence-electron chi connectivity index (χ1n) is 8.54. The average molecular weight is 346 g/mol. The summed E-state index contributed by atoms with van der Waals surface area (Å²) in [5, 5.41) is 19.3. The summed E-state index contributed by atoms with van der Waals surface area (Å²) in [5.41, 5.74) is 2.14. The first-order valence-corrected chi connectivity index (χ1v) is 8.54. The van der Waals surface area contributed by atoms with E-state index in [0.717, 1.165) is 24.9 Å². The van der Waals surface area contributed by atoms with Crippen LogP contribution in [0.25, 0.3) is 11.3 Å². The minimum Gasteiger partial charge on any atom is -0.480 e. The van der Waals surface area contributed by atoms with E-state index in [0.29, 0.717) is 29.9 Å². The first kappa shape index (κ1) is 17.6. The van der Waals surface area contributed by atoms with Gasteiger partial charge in [0.25, 0.3) is 0 Å². The summed E-state index contributed by atoms with van der Waals surface area (Å²) in [6.45, 7) is 3.41. The van der Waals surface area contributed by atoms with Crippen LogP contribution in [-0.2, 0) is 11.3 Å². The summed E-state index contributed by atoms with van der Waals surface area (Å²) in [6.07, 6.45) is 3.57. The van der Waals surface area contributed by atoms with Gasteiger partial charge < -0.3 is 10.4 Å². The number of benzene rings is 1. The van der Waals surface area contributed by atoms with Crippen LogP contribution in [0.5, 0.6) is 0 Å². The molecular weight excluding hydrogens is 323 g/mol. The number of rotatable bonds is 8. The summed E-state index contributed by atoms with van der Waals surface area (Å²) >= 11 is 0. The van der Waals surface area contributed by atoms with Gasteiger partial charge in [-0.2, -0.15) is 5.10 Å². The van der Waals surface area contributed by atoms with Crippen LogP contribution in [0.15, 0.2) is 30.5 Å². The molecule has 134 valence electrons. The van der Waals surface area contributed by atoms with E-state index in [-0.39, 0.29) is 12.4 Å². The second-order valence-corrected chi connectivity index (χ2v) is 6.41. The SMILES string of the molecule is CCN(CC(=O)O)C1CC(NCc2cn[nH]c2-c2ccccc2F)C1. The number of halogens is 1. The van der Waals surface area contributed by atoms with Crippen LogP contribution >= 0.6 is 0 Å². The Balaban J connectivity index is 1.54. The van der Waals surface area contributed by atoms with Crippen molar-refractivity contribution in [3.63, 3.8) is 0 Å². The molecule has 7 heteroatoms. The van der Waals surface area contributed by atoms with Crippen LogP contribution < -0.4 is 5.32 Å². The van der Waals surface area contributed by atoms with E-state index < -0.39 is 5.97 Å². The molecule has 1 aromatic carbocycles. The molecule has 2 aromatic rings. The van der Waals surface area contributed by atoms with Gasteiger partial charge in [0.2, 0.25) is 0 Å². The monoisotopic (exact) mass is 346 g/mol. The van der Waals surface area contributed by atoms with Crippen LogP contribution in [0.4, 0.5) is 4.39 Å². The number of nitrogens with zero attached hydrogens (tertiary/aromatic N) is 2. The van der Waals surface area contributed by atoms with Gasteiger partial charge in [0.15, 0.2) is 0 Å². The zero-order chi connectivity index (χ0) is 17.8. The summed E-state index contributed by atoms with van der Waals surface area (Å²) in [6, 6.07) is 7.29. The lowest BCUT2D eigenvalue weighted by Gasteiger charge is -2.42. The highest BCUT2D eigenvalue weighted by atomic mass is 19.1. The third-order valence-electron chi connectivity index (χ3n) is 4.82. The van der Waals surface area contributed by atoms with E-state index in [9.17, 15) is 9.18 Å². The van der Waals surface area contributed by atoms with Gasteiger partial charge >= 0.3 is 5.97 Å². The number of aromatic nitrogens is 2. The Labute approximate surface area is 146 Å². The van der Waals surface area contributed by atoms with E-state index >= 15 is 0 Å². The number of hydrogen-bond donors (Lipinski definition) is 3. The molecule has 0 amide bonds. The molecule has 6 nitrogen and oxygen atoms in total. The average Bonchev–Trinajstić information content (AvgIpc) is 3.00. The van der Waals surface area contributed by atoms with Crippen molar-refractivity contribution in [3.8, 4) is 11.3 Å². The molecule has 1 heterocycles. The van der Waals surface area contributed by atoms with Crippen molar-refractivity contribution >= 4 is 5.97 Å². The molecule has 1 aromatic heterocycles. The second-order valence-electron chi connectivity index (χ2n) is 6.41. The van der Waals surface area contributed by atoms with Crippen LogP contribution in [0.2, 0.25) is 0 Å². The number of aromatic amines is 1. The number of H-pyrrole nitrogens is 1. The van der Waals surface area contributed by atoms with E-state index in [1.807, 2.05) is 11.8 Å². The fourth-order valence-corrected chi connectivity index (χ4v) is 3.32. The van der Waals surface area contributed by atoms with E-state index in [2.05, 4.69) is 15.5 Å². The lowest BCUT2D eigenvalue weighted by molar-refractivity contribution is -0.139. The molecule has 1 aliphatic rings. The van der Waals surface area contributed by atoms with Crippen molar-refractivity contribution in [2.45, 2.75) is 38.4 Å². The number of nitrogens with one attached hydrogen (secondary N) is 2. The van der Waals surface area contributed by atoms with E-state index in [1.165, 1.54) is 6.07 Å². The Hall–Kier alpha value is -2.25. The molecular formula is C18H23FN4O2. The number of carbonyl (C=O) groups is 1. The molecule has 3 rings (SSSR count). The third kappa shape index (κ3) is 4.05. The van der Waals surface area contributed by atoms with Crippen molar-refractivity contribution in [3.05, 3.63) is 41.8 Å². The molecule has 1 fully saturated rings. The van der Waals surface area contributed by atoms with Crippen molar-refractivity contribution < 1.29 is 14.3 Å². The number of carboxylic acids is 1. The summed E-state index contributed by atoms with van der Waals surface area (Å²) in [4.78, 5) is 12.9. The lowest BCUT2D eigenvalue weighted by Crippen LogP contribution is -2.53. The number of hydrogen-bond acceptors (Lipinski definition) is 4. The molecule has 0 unspecified atom stereocenters. The second kappa shape index (κ2) is 7.76. The molecule has 0 saturated heterocycles. The largest absolute Gasteiger partial charge is 0.480 e. The van der Waals surface area contributed by atoms with Gasteiger partial charge in [-0.25, -0.2) is 4.39 Å². The smallest absolute Gasteiger partial charge is 0.317 e. The van der Waals surface area contributed by atoms with Crippen LogP contribution in [0.3, 0.4) is 0 Å². The van der Waals surface area contributed by atoms with Crippen molar-refractivity contribution in [1.29, 1.82) is 0 Å². The maximum absolute atomic E-state index is 14.0. The minimum absolute atomic E-state index is 0.0903. The molecule has 1 saturated carbocycles. The first-order chi connectivity index (χ1) is 12.1. The molecule has 0 atom stereocenters. The minimum atomic E-state index is -0.786. The zero-order valence-electron chi connectivity index (χ0n) is 14.2. The van der Waals surface area contributed by atoms with Crippen molar-refractivity contribution in [2.75, 3.05) is 13.1 Å². The fraction of sp³-hybridized carbons (Fsp3) is 0.444. The third-order valence-corrected chi connectivity index (χ3v) is 4.82. The van der Waals surface area contributed by atoms with Crippen molar-refractivity contribution in [2.24, 2.45) is 0 Å². The fourth-order valence-electron chi connectivity index (χ4n) is 3.32. The van der Waals surface area contributed by atoms with Gasteiger partial charge in [0.1, 0.15) is 5.82 Å². The zero-order valence-corrected chi connectivity index (χ0v) is 14.2. The van der Waals surface area contributed by atoms with Gasteiger partial charge in [-0.15, -0.1) is 0 Å². The molecule has 0 spiro atoms. The quantitative estimate of drug-likeness (QED) is 0.683. The number of likely N-dealkylation sites (N-methyl/N-ethyl adjacent to an activating group) is 1. The van der Waals surface area contributed by atoms with Crippen LogP contribution in [0.1, 0.15) is 25.3 Å². The molecule has 0 radical (unpaired) electrons. The molecule has 3 N–H and O–H groups in total. The Bertz CT molecular complexity index is 727. The maximum Gasteiger partial charge on any atom is 0.317 e. The van der Waals surface area contributed by atoms with Gasteiger partial charge in [0, 0.05) is 29.8 Å². The Morgan fingerprint density at radius 2 is 2.20 bits per heavy atom. The molecule has 25 heavy (non-hydrogen) atoms.